The van der Waals surface area contributed by atoms with Gasteiger partial charge in [-0.2, -0.15) is 0 Å². The van der Waals surface area contributed by atoms with E-state index >= 15 is 0 Å². The van der Waals surface area contributed by atoms with Gasteiger partial charge in [-0.3, -0.25) is 0 Å². The summed E-state index contributed by atoms with van der Waals surface area (Å²) in [7, 11) is 0. The monoisotopic (exact) mass is 989 g/mol. The fraction of sp³-hybridized carbons (Fsp3) is 0. The van der Waals surface area contributed by atoms with Crippen molar-refractivity contribution in [3.05, 3.63) is 0 Å². The van der Waals surface area contributed by atoms with Crippen LogP contribution >= 0.6 is 0 Å². The van der Waals surface area contributed by atoms with E-state index in [1.807, 2.05) is 0 Å². The molecule has 0 aliphatic heterocycles. The summed E-state index contributed by atoms with van der Waals surface area (Å²) in [6, 6.07) is 0. The summed E-state index contributed by atoms with van der Waals surface area (Å²) in [5.74, 6) is 0. The zero-order valence-electron chi connectivity index (χ0n) is 21.5. The van der Waals surface area contributed by atoms with Gasteiger partial charge in [0.05, 0.1) is 0 Å². The number of nitrogens with zero attached hydrogens (tertiary/aromatic N) is 6. The summed E-state index contributed by atoms with van der Waals surface area (Å²) in [6.45, 7) is 0. The maximum Gasteiger partial charge on any atom is 1.00 e. The number of rotatable bonds is 0. The molecule has 0 unspecified atom stereocenters. The Morgan fingerprint density at radius 2 is 0.286 bits per heavy atom. The molecule has 0 heterocycles. The van der Waals surface area contributed by atoms with Gasteiger partial charge >= 0.3 is 520 Å². The minimum Gasteiger partial charge on any atom is 1.00 e. The molecule has 0 N–H and O–H groups in total. The summed E-state index contributed by atoms with van der Waals surface area (Å²) in [5, 5.41) is 43.7. The first kappa shape index (κ1) is 82.7. The molecule has 0 amide bonds. The molecule has 0 atom stereocenters. The molecule has 0 fully saturated rings. The Hall–Kier alpha value is 7.31. The maximum absolute atomic E-state index is 9.16. The zero-order chi connectivity index (χ0) is 31.2. The van der Waals surface area contributed by atoms with Gasteiger partial charge in [0.1, 0.15) is 0 Å². The fourth-order valence-corrected chi connectivity index (χ4v) is 0. The van der Waals surface area contributed by atoms with E-state index in [1.54, 1.807) is 0 Å². The van der Waals surface area contributed by atoms with Crippen LogP contribution in [0, 0.1) is 61.2 Å². The van der Waals surface area contributed by atoms with Crippen LogP contribution in [0.1, 0.15) is 0 Å². The smallest absolute Gasteiger partial charge is 1.00 e. The number of hydrogen-bond acceptors (Lipinski definition) is 24. The molecule has 24 nitrogen and oxygen atoms in total. The standard InChI is InChI=1S/6CN.6Cr.6K.18O/c6*1-2;;;;;;;;;;;;;;;;;;;;;;;;;;;;;;/q;;;;;;;;;;;;6*+1;;;;;;;;;;;;;6*-1. The van der Waals surface area contributed by atoms with Crippen molar-refractivity contribution in [1.82, 2.24) is 0 Å². The second kappa shape index (κ2) is 44.5. The van der Waals surface area contributed by atoms with Crippen LogP contribution in [0.3, 0.4) is 0 Å². The van der Waals surface area contributed by atoms with Crippen molar-refractivity contribution in [2.45, 2.75) is 0 Å². The Labute approximate surface area is 503 Å². The first-order valence-corrected chi connectivity index (χ1v) is 18.8. The van der Waals surface area contributed by atoms with Crippen molar-refractivity contribution >= 4 is 0 Å². The summed E-state index contributed by atoms with van der Waals surface area (Å²) in [5.41, 5.74) is 0. The third-order valence-electron chi connectivity index (χ3n) is 0.671. The molecule has 36 heteroatoms. The van der Waals surface area contributed by atoms with Gasteiger partial charge in [0.2, 0.25) is 0 Å². The molecule has 0 aromatic rings. The van der Waals surface area contributed by atoms with E-state index in [1.165, 1.54) is 0 Å². The topological polar surface area (TPSA) is 486 Å². The SMILES string of the molecule is N#[C][Cr](=[O])(=[O])[O-].N#[C][Cr](=[O])(=[O])[O-].N#[C][Cr](=[O])(=[O])[O-].N#[C][Cr](=[O])(=[O])[O-].N#[C][Cr](=[O])(=[O])[O-].N#[C][Cr](=[O])(=[O])[O-].[K+].[K+].[K+].[K+].[K+].[K+]. The van der Waals surface area contributed by atoms with E-state index in [9.17, 15) is 0 Å². The van der Waals surface area contributed by atoms with Crippen LogP contribution in [-0.4, -0.2) is 0 Å². The second-order valence-electron chi connectivity index (χ2n) is 3.27. The molecule has 0 saturated heterocycles. The summed E-state index contributed by atoms with van der Waals surface area (Å²) in [4.78, 5) is 3.56. The van der Waals surface area contributed by atoms with Gasteiger partial charge < -0.3 is 0 Å². The van der Waals surface area contributed by atoms with Crippen molar-refractivity contribution in [2.24, 2.45) is 0 Å². The van der Waals surface area contributed by atoms with E-state index in [2.05, 4.69) is 0 Å². The summed E-state index contributed by atoms with van der Waals surface area (Å²) < 4.78 is 165. The largest absolute Gasteiger partial charge is 1.00 e. The third-order valence-corrected chi connectivity index (χ3v) is 2.77. The Bertz CT molecular complexity index is 1310. The molecule has 42 heavy (non-hydrogen) atoms. The quantitative estimate of drug-likeness (QED) is 0.203. The molecule has 204 valence electrons. The Kier molecular flexibility index (Phi) is 87.5. The zero-order valence-corrected chi connectivity index (χ0v) is 47.9. The van der Waals surface area contributed by atoms with Gasteiger partial charge in [0, 0.05) is 0 Å². The summed E-state index contributed by atoms with van der Waals surface area (Å²) in [6.07, 6.45) is 0. The van der Waals surface area contributed by atoms with E-state index < -0.39 is 79.7 Å². The first-order valence-electron chi connectivity index (χ1n) is 5.57. The van der Waals surface area contributed by atoms with E-state index in [0.717, 1.165) is 0 Å². The van der Waals surface area contributed by atoms with Crippen molar-refractivity contribution in [1.29, 1.82) is 31.6 Å². The molecule has 0 rings (SSSR count). The van der Waals surface area contributed by atoms with Crippen molar-refractivity contribution < 1.29 is 459 Å². The van der Waals surface area contributed by atoms with Crippen molar-refractivity contribution in [2.75, 3.05) is 0 Å². The normalized spacial score (nSPS) is 8.57. The molecular weight excluding hydrogens is 991 g/mol. The Balaban J connectivity index is -0.0000000250. The third kappa shape index (κ3) is 158. The Morgan fingerprint density at radius 3 is 0.286 bits per heavy atom. The van der Waals surface area contributed by atoms with Crippen LogP contribution in [0.15, 0.2) is 0 Å². The molecule has 0 aromatic carbocycles. The van der Waals surface area contributed by atoms with Gasteiger partial charge in [0.25, 0.3) is 0 Å². The van der Waals surface area contributed by atoms with E-state index in [4.69, 9.17) is 102 Å². The van der Waals surface area contributed by atoms with Crippen LogP contribution in [0.2, 0.25) is 0 Å². The van der Waals surface area contributed by atoms with Gasteiger partial charge in [-0.15, -0.1) is 0 Å². The fourth-order valence-electron chi connectivity index (χ4n) is 0. The molecule has 0 aromatic heterocycles. The average molecular weight is 991 g/mol. The molecule has 0 spiro atoms. The minimum absolute atomic E-state index is 0. The first-order chi connectivity index (χ1) is 15.4. The predicted octanol–water partition coefficient (Wildman–Crippen LogP) is -26.4. The molecule has 0 bridgehead atoms. The molecular formula is C6Cr6K6N6O18. The minimum atomic E-state index is -5.22. The van der Waals surface area contributed by atoms with Crippen LogP contribution in [0.25, 0.3) is 0 Å². The predicted molar refractivity (Wildman–Crippen MR) is 41.9 cm³/mol. The molecule has 0 saturated carbocycles. The van der Waals surface area contributed by atoms with Gasteiger partial charge in [-0.25, -0.2) is 0 Å². The second-order valence-corrected chi connectivity index (χ2v) is 13.5. The van der Waals surface area contributed by atoms with Crippen LogP contribution < -0.4 is 333 Å². The van der Waals surface area contributed by atoms with Crippen LogP contribution in [0.5, 0.6) is 0 Å². The summed E-state index contributed by atoms with van der Waals surface area (Å²) >= 11 is -31.3. The van der Waals surface area contributed by atoms with Crippen LogP contribution in [0.4, 0.5) is 0 Å². The average Bonchev–Trinajstić information content (AvgIpc) is 2.67. The van der Waals surface area contributed by atoms with E-state index in [-0.39, 0.29) is 308 Å². The van der Waals surface area contributed by atoms with Crippen LogP contribution in [-0.2, 0) is 125 Å². The Morgan fingerprint density at radius 1 is 0.262 bits per heavy atom. The number of nitriles is 6. The van der Waals surface area contributed by atoms with E-state index in [0.29, 0.717) is 29.6 Å². The van der Waals surface area contributed by atoms with Crippen molar-refractivity contribution in [3.8, 4) is 29.6 Å². The van der Waals surface area contributed by atoms with Gasteiger partial charge in [-0.05, 0) is 0 Å². The van der Waals surface area contributed by atoms with Crippen molar-refractivity contribution in [3.63, 3.8) is 0 Å². The molecule has 0 aliphatic rings. The maximum atomic E-state index is 9.16. The molecule has 0 aliphatic carbocycles. The molecule has 0 radical (unpaired) electrons. The van der Waals surface area contributed by atoms with Gasteiger partial charge in [-0.1, -0.05) is 0 Å². The van der Waals surface area contributed by atoms with Gasteiger partial charge in [0.15, 0.2) is 0 Å². The number of hydrogen-bond donors (Lipinski definition) is 0.